The second-order valence-corrected chi connectivity index (χ2v) is 5.99. The van der Waals surface area contributed by atoms with Gasteiger partial charge in [-0.2, -0.15) is 0 Å². The van der Waals surface area contributed by atoms with Gasteiger partial charge in [-0.15, -0.1) is 16.4 Å². The molecule has 1 saturated heterocycles. The summed E-state index contributed by atoms with van der Waals surface area (Å²) in [6, 6.07) is 3.82. The van der Waals surface area contributed by atoms with Gasteiger partial charge >= 0.3 is 0 Å². The van der Waals surface area contributed by atoms with Gasteiger partial charge in [0.2, 0.25) is 0 Å². The first-order valence-electron chi connectivity index (χ1n) is 7.09. The van der Waals surface area contributed by atoms with Gasteiger partial charge in [0.15, 0.2) is 0 Å². The number of thiophene rings is 1. The molecule has 0 atom stereocenters. The summed E-state index contributed by atoms with van der Waals surface area (Å²) in [5.41, 5.74) is 0. The predicted octanol–water partition coefficient (Wildman–Crippen LogP) is 0.583. The Morgan fingerprint density at radius 3 is 2.76 bits per heavy atom. The second-order valence-electron chi connectivity index (χ2n) is 5.04. The van der Waals surface area contributed by atoms with Gasteiger partial charge in [0.05, 0.1) is 4.88 Å². The Morgan fingerprint density at radius 2 is 2.10 bits per heavy atom. The molecule has 0 unspecified atom stereocenters. The number of piperazine rings is 1. The van der Waals surface area contributed by atoms with Crippen LogP contribution in [0.15, 0.2) is 23.8 Å². The third-order valence-electron chi connectivity index (χ3n) is 3.64. The molecule has 21 heavy (non-hydrogen) atoms. The molecular formula is C13H18N6OS. The standard InChI is InChI=1S/C13H18N6OS/c20-13(12-3-1-10-21-12)18-8-6-17(7-9-18)4-2-5-19-11-14-15-16-19/h1,3,10-11H,2,4-9H2. The summed E-state index contributed by atoms with van der Waals surface area (Å²) >= 11 is 1.51. The van der Waals surface area contributed by atoms with E-state index in [0.29, 0.717) is 0 Å². The summed E-state index contributed by atoms with van der Waals surface area (Å²) in [7, 11) is 0. The molecule has 1 aliphatic rings. The molecule has 2 aromatic heterocycles. The molecule has 112 valence electrons. The average Bonchev–Trinajstić information content (AvgIpc) is 3.21. The van der Waals surface area contributed by atoms with E-state index < -0.39 is 0 Å². The van der Waals surface area contributed by atoms with Crippen LogP contribution in [0.2, 0.25) is 0 Å². The summed E-state index contributed by atoms with van der Waals surface area (Å²) in [6.45, 7) is 5.34. The lowest BCUT2D eigenvalue weighted by Crippen LogP contribution is -2.48. The summed E-state index contributed by atoms with van der Waals surface area (Å²) in [4.78, 5) is 17.4. The van der Waals surface area contributed by atoms with Gasteiger partial charge in [-0.25, -0.2) is 4.68 Å². The van der Waals surface area contributed by atoms with Crippen LogP contribution in [-0.2, 0) is 6.54 Å². The van der Waals surface area contributed by atoms with E-state index in [2.05, 4.69) is 20.4 Å². The van der Waals surface area contributed by atoms with Gasteiger partial charge in [0, 0.05) is 39.3 Å². The van der Waals surface area contributed by atoms with Crippen LogP contribution in [0, 0.1) is 0 Å². The smallest absolute Gasteiger partial charge is 0.264 e. The van der Waals surface area contributed by atoms with E-state index in [1.54, 1.807) is 11.0 Å². The molecule has 7 nitrogen and oxygen atoms in total. The number of carbonyl (C=O) groups is 1. The van der Waals surface area contributed by atoms with Crippen molar-refractivity contribution in [3.05, 3.63) is 28.7 Å². The fraction of sp³-hybridized carbons (Fsp3) is 0.538. The Hall–Kier alpha value is -1.80. The van der Waals surface area contributed by atoms with E-state index in [-0.39, 0.29) is 5.91 Å². The van der Waals surface area contributed by atoms with Crippen LogP contribution < -0.4 is 0 Å². The molecule has 3 rings (SSSR count). The van der Waals surface area contributed by atoms with E-state index in [4.69, 9.17) is 0 Å². The highest BCUT2D eigenvalue weighted by molar-refractivity contribution is 7.12. The first-order valence-corrected chi connectivity index (χ1v) is 7.97. The minimum Gasteiger partial charge on any atom is -0.335 e. The Labute approximate surface area is 127 Å². The van der Waals surface area contributed by atoms with Crippen LogP contribution in [0.4, 0.5) is 0 Å². The molecular weight excluding hydrogens is 288 g/mol. The van der Waals surface area contributed by atoms with Crippen molar-refractivity contribution < 1.29 is 4.79 Å². The third-order valence-corrected chi connectivity index (χ3v) is 4.50. The normalized spacial score (nSPS) is 16.3. The van der Waals surface area contributed by atoms with Crippen LogP contribution in [-0.4, -0.2) is 68.6 Å². The third kappa shape index (κ3) is 3.64. The molecule has 0 saturated carbocycles. The molecule has 0 radical (unpaired) electrons. The van der Waals surface area contributed by atoms with Crippen molar-refractivity contribution in [1.29, 1.82) is 0 Å². The second kappa shape index (κ2) is 6.77. The zero-order chi connectivity index (χ0) is 14.5. The summed E-state index contributed by atoms with van der Waals surface area (Å²) in [5.74, 6) is 0.165. The number of hydrogen-bond donors (Lipinski definition) is 0. The molecule has 1 fully saturated rings. The Balaban J connectivity index is 1.40. The minimum absolute atomic E-state index is 0.165. The highest BCUT2D eigenvalue weighted by Crippen LogP contribution is 2.13. The van der Waals surface area contributed by atoms with Crippen molar-refractivity contribution in [3.63, 3.8) is 0 Å². The van der Waals surface area contributed by atoms with Crippen molar-refractivity contribution in [3.8, 4) is 0 Å². The maximum atomic E-state index is 12.2. The lowest BCUT2D eigenvalue weighted by atomic mass is 10.2. The number of tetrazole rings is 1. The summed E-state index contributed by atoms with van der Waals surface area (Å²) < 4.78 is 1.75. The van der Waals surface area contributed by atoms with Crippen molar-refractivity contribution in [1.82, 2.24) is 30.0 Å². The van der Waals surface area contributed by atoms with E-state index in [9.17, 15) is 4.79 Å². The molecule has 0 aromatic carbocycles. The van der Waals surface area contributed by atoms with Crippen molar-refractivity contribution >= 4 is 17.2 Å². The van der Waals surface area contributed by atoms with Crippen LogP contribution in [0.3, 0.4) is 0 Å². The average molecular weight is 306 g/mol. The van der Waals surface area contributed by atoms with Crippen molar-refractivity contribution in [2.45, 2.75) is 13.0 Å². The number of aromatic nitrogens is 4. The van der Waals surface area contributed by atoms with Gasteiger partial charge < -0.3 is 4.90 Å². The fourth-order valence-corrected chi connectivity index (χ4v) is 3.16. The number of aryl methyl sites for hydroxylation is 1. The number of amides is 1. The minimum atomic E-state index is 0.165. The van der Waals surface area contributed by atoms with Crippen LogP contribution >= 0.6 is 11.3 Å². The molecule has 3 heterocycles. The maximum Gasteiger partial charge on any atom is 0.264 e. The quantitative estimate of drug-likeness (QED) is 0.808. The maximum absolute atomic E-state index is 12.2. The van der Waals surface area contributed by atoms with Crippen LogP contribution in [0.5, 0.6) is 0 Å². The molecule has 0 spiro atoms. The van der Waals surface area contributed by atoms with Gasteiger partial charge in [-0.1, -0.05) is 6.07 Å². The fourth-order valence-electron chi connectivity index (χ4n) is 2.47. The van der Waals surface area contributed by atoms with Crippen LogP contribution in [0.25, 0.3) is 0 Å². The SMILES string of the molecule is O=C(c1cccs1)N1CCN(CCCn2cnnn2)CC1. The van der Waals surface area contributed by atoms with Gasteiger partial charge in [-0.3, -0.25) is 9.69 Å². The summed E-state index contributed by atoms with van der Waals surface area (Å²) in [6.07, 6.45) is 2.65. The van der Waals surface area contributed by atoms with Gasteiger partial charge in [0.1, 0.15) is 6.33 Å². The largest absolute Gasteiger partial charge is 0.335 e. The van der Waals surface area contributed by atoms with Gasteiger partial charge in [0.25, 0.3) is 5.91 Å². The topological polar surface area (TPSA) is 67.2 Å². The van der Waals surface area contributed by atoms with E-state index in [0.717, 1.165) is 50.6 Å². The molecule has 1 amide bonds. The lowest BCUT2D eigenvalue weighted by molar-refractivity contribution is 0.0639. The Kier molecular flexibility index (Phi) is 4.56. The number of hydrogen-bond acceptors (Lipinski definition) is 6. The molecule has 2 aromatic rings. The number of rotatable bonds is 5. The lowest BCUT2D eigenvalue weighted by Gasteiger charge is -2.34. The Morgan fingerprint density at radius 1 is 1.24 bits per heavy atom. The molecule has 1 aliphatic heterocycles. The van der Waals surface area contributed by atoms with E-state index in [1.165, 1.54) is 11.3 Å². The monoisotopic (exact) mass is 306 g/mol. The van der Waals surface area contributed by atoms with Crippen molar-refractivity contribution in [2.75, 3.05) is 32.7 Å². The Bertz CT molecular complexity index is 547. The predicted molar refractivity (Wildman–Crippen MR) is 79.1 cm³/mol. The van der Waals surface area contributed by atoms with E-state index >= 15 is 0 Å². The zero-order valence-electron chi connectivity index (χ0n) is 11.8. The molecule has 0 bridgehead atoms. The van der Waals surface area contributed by atoms with Crippen LogP contribution in [0.1, 0.15) is 16.1 Å². The molecule has 0 N–H and O–H groups in total. The number of carbonyl (C=O) groups excluding carboxylic acids is 1. The van der Waals surface area contributed by atoms with Crippen molar-refractivity contribution in [2.24, 2.45) is 0 Å². The first kappa shape index (κ1) is 14.2. The zero-order valence-corrected chi connectivity index (χ0v) is 12.6. The van der Waals surface area contributed by atoms with E-state index in [1.807, 2.05) is 22.4 Å². The first-order chi connectivity index (χ1) is 10.3. The summed E-state index contributed by atoms with van der Waals surface area (Å²) in [5, 5.41) is 13.0. The highest BCUT2D eigenvalue weighted by atomic mass is 32.1. The molecule has 0 aliphatic carbocycles. The van der Waals surface area contributed by atoms with Gasteiger partial charge in [-0.05, 0) is 28.3 Å². The highest BCUT2D eigenvalue weighted by Gasteiger charge is 2.22. The molecule has 8 heteroatoms. The number of nitrogens with zero attached hydrogens (tertiary/aromatic N) is 6.